The van der Waals surface area contributed by atoms with Gasteiger partial charge in [-0.1, -0.05) is 23.8 Å². The van der Waals surface area contributed by atoms with E-state index < -0.39 is 8.15 Å². The van der Waals surface area contributed by atoms with Crippen LogP contribution in [0.15, 0.2) is 18.2 Å². The van der Waals surface area contributed by atoms with Crippen LogP contribution in [0.25, 0.3) is 0 Å². The molecule has 0 saturated heterocycles. The fourth-order valence-corrected chi connectivity index (χ4v) is 2.30. The molecule has 1 aromatic carbocycles. The van der Waals surface area contributed by atoms with Crippen LogP contribution < -0.4 is 5.30 Å². The van der Waals surface area contributed by atoms with E-state index in [1.165, 1.54) is 16.4 Å². The summed E-state index contributed by atoms with van der Waals surface area (Å²) in [7, 11) is 1.36. The highest BCUT2D eigenvalue weighted by atomic mass is 31.1. The van der Waals surface area contributed by atoms with Gasteiger partial charge >= 0.3 is 0 Å². The standard InChI is InChI=1S/C10H15OP/c1-8-5-6-10(9(2)7-8)12(4)11-3/h5-7H,1-4H3. The molecular formula is C10H15OP. The molecule has 12 heavy (non-hydrogen) atoms. The van der Waals surface area contributed by atoms with E-state index in [2.05, 4.69) is 38.7 Å². The minimum absolute atomic E-state index is 0.407. The van der Waals surface area contributed by atoms with E-state index >= 15 is 0 Å². The Morgan fingerprint density at radius 2 is 1.92 bits per heavy atom. The maximum absolute atomic E-state index is 5.32. The van der Waals surface area contributed by atoms with Crippen LogP contribution in [0.5, 0.6) is 0 Å². The zero-order valence-electron chi connectivity index (χ0n) is 8.09. The van der Waals surface area contributed by atoms with E-state index in [0.29, 0.717) is 0 Å². The van der Waals surface area contributed by atoms with Gasteiger partial charge in [0.25, 0.3) is 0 Å². The van der Waals surface area contributed by atoms with E-state index in [9.17, 15) is 0 Å². The lowest BCUT2D eigenvalue weighted by Gasteiger charge is -2.12. The third kappa shape index (κ3) is 2.06. The van der Waals surface area contributed by atoms with Crippen molar-refractivity contribution >= 4 is 13.5 Å². The first-order chi connectivity index (χ1) is 5.65. The first kappa shape index (κ1) is 9.70. The summed E-state index contributed by atoms with van der Waals surface area (Å²) in [6, 6.07) is 6.51. The molecule has 1 nitrogen and oxygen atoms in total. The Balaban J connectivity index is 3.01. The lowest BCUT2D eigenvalue weighted by Crippen LogP contribution is -2.05. The minimum Gasteiger partial charge on any atom is -0.358 e. The normalized spacial score (nSPS) is 13.0. The van der Waals surface area contributed by atoms with E-state index in [0.717, 1.165) is 0 Å². The number of hydrogen-bond donors (Lipinski definition) is 0. The molecule has 0 amide bonds. The van der Waals surface area contributed by atoms with E-state index in [1.54, 1.807) is 7.11 Å². The van der Waals surface area contributed by atoms with Crippen molar-refractivity contribution in [3.8, 4) is 0 Å². The third-order valence-electron chi connectivity index (χ3n) is 1.97. The zero-order valence-corrected chi connectivity index (χ0v) is 8.98. The van der Waals surface area contributed by atoms with Crippen molar-refractivity contribution in [2.75, 3.05) is 13.8 Å². The highest BCUT2D eigenvalue weighted by Gasteiger charge is 2.06. The SMILES string of the molecule is COP(C)c1ccc(C)cc1C. The fourth-order valence-electron chi connectivity index (χ4n) is 1.26. The molecule has 0 saturated carbocycles. The largest absolute Gasteiger partial charge is 0.358 e. The Labute approximate surface area is 75.6 Å². The van der Waals surface area contributed by atoms with Crippen molar-refractivity contribution < 1.29 is 4.52 Å². The van der Waals surface area contributed by atoms with Crippen LogP contribution in [-0.2, 0) is 4.52 Å². The second kappa shape index (κ2) is 4.02. The molecule has 1 rings (SSSR count). The first-order valence-electron chi connectivity index (χ1n) is 4.00. The molecule has 0 aliphatic carbocycles. The van der Waals surface area contributed by atoms with E-state index in [-0.39, 0.29) is 0 Å². The molecule has 1 atom stereocenters. The Bertz CT molecular complexity index is 271. The van der Waals surface area contributed by atoms with Gasteiger partial charge in [0.05, 0.1) is 8.15 Å². The van der Waals surface area contributed by atoms with Gasteiger partial charge in [-0.15, -0.1) is 0 Å². The van der Waals surface area contributed by atoms with Gasteiger partial charge in [0.2, 0.25) is 0 Å². The summed E-state index contributed by atoms with van der Waals surface area (Å²) in [6.45, 7) is 6.38. The van der Waals surface area contributed by atoms with Crippen LogP contribution in [0.4, 0.5) is 0 Å². The molecule has 0 heterocycles. The third-order valence-corrected chi connectivity index (χ3v) is 3.69. The summed E-state index contributed by atoms with van der Waals surface area (Å²) >= 11 is 0. The van der Waals surface area contributed by atoms with Gasteiger partial charge in [0, 0.05) is 12.4 Å². The molecule has 1 unspecified atom stereocenters. The quantitative estimate of drug-likeness (QED) is 0.639. The molecule has 0 fully saturated rings. The monoisotopic (exact) mass is 182 g/mol. The van der Waals surface area contributed by atoms with Gasteiger partial charge in [0.1, 0.15) is 0 Å². The second-order valence-corrected chi connectivity index (χ2v) is 4.81. The number of hydrogen-bond acceptors (Lipinski definition) is 1. The van der Waals surface area contributed by atoms with Crippen LogP contribution >= 0.6 is 8.15 Å². The molecule has 0 N–H and O–H groups in total. The maximum Gasteiger partial charge on any atom is 0.0570 e. The number of aryl methyl sites for hydroxylation is 2. The van der Waals surface area contributed by atoms with Crippen LogP contribution in [-0.4, -0.2) is 13.8 Å². The van der Waals surface area contributed by atoms with Crippen molar-refractivity contribution in [1.82, 2.24) is 0 Å². The van der Waals surface area contributed by atoms with Gasteiger partial charge in [0.15, 0.2) is 0 Å². The smallest absolute Gasteiger partial charge is 0.0570 e. The summed E-state index contributed by atoms with van der Waals surface area (Å²) < 4.78 is 5.32. The minimum atomic E-state index is -0.407. The lowest BCUT2D eigenvalue weighted by molar-refractivity contribution is 0.471. The van der Waals surface area contributed by atoms with Gasteiger partial charge in [-0.05, 0) is 26.1 Å². The Kier molecular flexibility index (Phi) is 3.25. The average Bonchev–Trinajstić information content (AvgIpc) is 2.03. The van der Waals surface area contributed by atoms with Crippen molar-refractivity contribution in [2.24, 2.45) is 0 Å². The van der Waals surface area contributed by atoms with Crippen LogP contribution in [0.2, 0.25) is 0 Å². The van der Waals surface area contributed by atoms with Gasteiger partial charge in [-0.25, -0.2) is 0 Å². The Morgan fingerprint density at radius 1 is 1.25 bits per heavy atom. The summed E-state index contributed by atoms with van der Waals surface area (Å²) in [5, 5.41) is 1.35. The molecule has 0 aliphatic rings. The van der Waals surface area contributed by atoms with Crippen molar-refractivity contribution in [3.05, 3.63) is 29.3 Å². The van der Waals surface area contributed by atoms with Crippen LogP contribution in [0.1, 0.15) is 11.1 Å². The summed E-state index contributed by atoms with van der Waals surface area (Å²) in [4.78, 5) is 0. The average molecular weight is 182 g/mol. The maximum atomic E-state index is 5.32. The van der Waals surface area contributed by atoms with Crippen molar-refractivity contribution in [1.29, 1.82) is 0 Å². The molecule has 1 aromatic rings. The molecule has 0 aliphatic heterocycles. The molecule has 0 radical (unpaired) electrons. The molecular weight excluding hydrogens is 167 g/mol. The number of rotatable bonds is 2. The topological polar surface area (TPSA) is 9.23 Å². The zero-order chi connectivity index (χ0) is 9.14. The van der Waals surface area contributed by atoms with E-state index in [1.807, 2.05) is 0 Å². The first-order valence-corrected chi connectivity index (χ1v) is 5.71. The van der Waals surface area contributed by atoms with Crippen molar-refractivity contribution in [3.63, 3.8) is 0 Å². The molecule has 0 aromatic heterocycles. The second-order valence-electron chi connectivity index (χ2n) is 2.97. The van der Waals surface area contributed by atoms with Gasteiger partial charge in [-0.2, -0.15) is 0 Å². The highest BCUT2D eigenvalue weighted by Crippen LogP contribution is 2.30. The van der Waals surface area contributed by atoms with Gasteiger partial charge < -0.3 is 4.52 Å². The molecule has 0 bridgehead atoms. The number of benzene rings is 1. The summed E-state index contributed by atoms with van der Waals surface area (Å²) in [6.07, 6.45) is 0. The predicted molar refractivity (Wildman–Crippen MR) is 55.4 cm³/mol. The highest BCUT2D eigenvalue weighted by molar-refractivity contribution is 7.60. The molecule has 0 spiro atoms. The van der Waals surface area contributed by atoms with E-state index in [4.69, 9.17) is 4.52 Å². The molecule has 66 valence electrons. The Morgan fingerprint density at radius 3 is 2.42 bits per heavy atom. The predicted octanol–water partition coefficient (Wildman–Crippen LogP) is 2.60. The Hall–Kier alpha value is -0.390. The summed E-state index contributed by atoms with van der Waals surface area (Å²) in [5.74, 6) is 0. The summed E-state index contributed by atoms with van der Waals surface area (Å²) in [5.41, 5.74) is 2.65. The molecule has 2 heteroatoms. The fraction of sp³-hybridized carbons (Fsp3) is 0.400. The lowest BCUT2D eigenvalue weighted by atomic mass is 10.2. The van der Waals surface area contributed by atoms with Gasteiger partial charge in [-0.3, -0.25) is 0 Å². The van der Waals surface area contributed by atoms with Crippen molar-refractivity contribution in [2.45, 2.75) is 13.8 Å². The van der Waals surface area contributed by atoms with Crippen LogP contribution in [0.3, 0.4) is 0 Å². The van der Waals surface area contributed by atoms with Crippen LogP contribution in [0, 0.1) is 13.8 Å².